The summed E-state index contributed by atoms with van der Waals surface area (Å²) in [7, 11) is 0. The number of nitrogens with two attached hydrogens (primary N) is 1. The highest BCUT2D eigenvalue weighted by Crippen LogP contribution is 2.22. The number of halogens is 1. The normalized spacial score (nSPS) is 15.2. The summed E-state index contributed by atoms with van der Waals surface area (Å²) in [4.78, 5) is 26.6. The van der Waals surface area contributed by atoms with Crippen molar-refractivity contribution in [2.24, 2.45) is 5.73 Å². The van der Waals surface area contributed by atoms with Crippen LogP contribution in [0.4, 0.5) is 10.1 Å². The third-order valence-electron chi connectivity index (χ3n) is 3.69. The van der Waals surface area contributed by atoms with Crippen LogP contribution in [0.15, 0.2) is 18.2 Å². The lowest BCUT2D eigenvalue weighted by Gasteiger charge is -2.36. The lowest BCUT2D eigenvalue weighted by molar-refractivity contribution is -0.131. The van der Waals surface area contributed by atoms with E-state index in [1.165, 1.54) is 13.0 Å². The fourth-order valence-electron chi connectivity index (χ4n) is 2.46. The molecule has 0 aliphatic carbocycles. The summed E-state index contributed by atoms with van der Waals surface area (Å²) < 4.78 is 14.1. The van der Waals surface area contributed by atoms with Gasteiger partial charge in [-0.05, 0) is 25.1 Å². The molecule has 0 atom stereocenters. The summed E-state index contributed by atoms with van der Waals surface area (Å²) >= 11 is 0. The first kappa shape index (κ1) is 15.4. The number of amides is 1. The number of carbonyl (C=O) groups excluding carboxylic acids is 2. The molecule has 1 fully saturated rings. The van der Waals surface area contributed by atoms with Gasteiger partial charge in [-0.2, -0.15) is 0 Å². The molecule has 2 rings (SSSR count). The molecule has 1 aliphatic heterocycles. The highest BCUT2D eigenvalue weighted by molar-refractivity contribution is 5.94. The molecule has 0 unspecified atom stereocenters. The molecule has 0 saturated carbocycles. The molecule has 1 aromatic carbocycles. The molecular formula is C15H20FN3O2. The van der Waals surface area contributed by atoms with Crippen molar-refractivity contribution < 1.29 is 14.0 Å². The summed E-state index contributed by atoms with van der Waals surface area (Å²) in [6.07, 6.45) is 0.349. The predicted octanol–water partition coefficient (Wildman–Crippen LogP) is 1.03. The van der Waals surface area contributed by atoms with E-state index in [4.69, 9.17) is 5.73 Å². The van der Waals surface area contributed by atoms with Crippen LogP contribution in [-0.4, -0.2) is 49.3 Å². The van der Waals surface area contributed by atoms with E-state index < -0.39 is 5.82 Å². The number of piperazine rings is 1. The van der Waals surface area contributed by atoms with Crippen LogP contribution in [0, 0.1) is 5.82 Å². The highest BCUT2D eigenvalue weighted by atomic mass is 19.1. The van der Waals surface area contributed by atoms with E-state index in [2.05, 4.69) is 0 Å². The molecule has 6 heteroatoms. The molecule has 5 nitrogen and oxygen atoms in total. The number of benzene rings is 1. The van der Waals surface area contributed by atoms with E-state index in [0.29, 0.717) is 50.4 Å². The van der Waals surface area contributed by atoms with Gasteiger partial charge in [0.2, 0.25) is 5.91 Å². The monoisotopic (exact) mass is 293 g/mol. The van der Waals surface area contributed by atoms with Crippen molar-refractivity contribution in [3.8, 4) is 0 Å². The second kappa shape index (κ2) is 6.67. The second-order valence-electron chi connectivity index (χ2n) is 5.13. The number of hydrogen-bond acceptors (Lipinski definition) is 4. The number of Topliss-reactive ketones (excluding diaryl/α,β-unsaturated/α-hetero) is 1. The summed E-state index contributed by atoms with van der Waals surface area (Å²) in [6, 6.07) is 4.53. The third-order valence-corrected chi connectivity index (χ3v) is 3.69. The molecule has 1 aromatic rings. The maximum atomic E-state index is 14.1. The molecule has 0 radical (unpaired) electrons. The van der Waals surface area contributed by atoms with Crippen molar-refractivity contribution in [2.75, 3.05) is 37.6 Å². The largest absolute Gasteiger partial charge is 0.366 e. The van der Waals surface area contributed by atoms with Crippen molar-refractivity contribution >= 4 is 17.4 Å². The number of rotatable bonds is 4. The van der Waals surface area contributed by atoms with Gasteiger partial charge in [-0.25, -0.2) is 4.39 Å². The van der Waals surface area contributed by atoms with Gasteiger partial charge in [0.25, 0.3) is 0 Å². The first-order valence-electron chi connectivity index (χ1n) is 7.06. The predicted molar refractivity (Wildman–Crippen MR) is 78.9 cm³/mol. The molecule has 114 valence electrons. The fraction of sp³-hybridized carbons (Fsp3) is 0.467. The van der Waals surface area contributed by atoms with Gasteiger partial charge < -0.3 is 15.5 Å². The molecule has 1 aliphatic rings. The quantitative estimate of drug-likeness (QED) is 0.842. The Labute approximate surface area is 123 Å². The van der Waals surface area contributed by atoms with Crippen LogP contribution in [0.5, 0.6) is 0 Å². The van der Waals surface area contributed by atoms with E-state index in [1.54, 1.807) is 17.0 Å². The molecule has 1 saturated heterocycles. The van der Waals surface area contributed by atoms with E-state index in [0.717, 1.165) is 0 Å². The van der Waals surface area contributed by atoms with Crippen molar-refractivity contribution in [1.82, 2.24) is 4.90 Å². The van der Waals surface area contributed by atoms with Crippen LogP contribution in [0.1, 0.15) is 23.7 Å². The second-order valence-corrected chi connectivity index (χ2v) is 5.13. The van der Waals surface area contributed by atoms with Crippen LogP contribution < -0.4 is 10.6 Å². The van der Waals surface area contributed by atoms with E-state index in [1.807, 2.05) is 4.90 Å². The Morgan fingerprint density at radius 3 is 2.43 bits per heavy atom. The van der Waals surface area contributed by atoms with Crippen molar-refractivity contribution in [3.05, 3.63) is 29.6 Å². The summed E-state index contributed by atoms with van der Waals surface area (Å²) in [5.74, 6) is -0.508. The zero-order chi connectivity index (χ0) is 15.4. The Bertz CT molecular complexity index is 540. The van der Waals surface area contributed by atoms with Crippen LogP contribution in [-0.2, 0) is 4.79 Å². The van der Waals surface area contributed by atoms with Gasteiger partial charge in [0.05, 0.1) is 5.69 Å². The maximum Gasteiger partial charge on any atom is 0.223 e. The van der Waals surface area contributed by atoms with Gasteiger partial charge in [-0.1, -0.05) is 0 Å². The topological polar surface area (TPSA) is 66.6 Å². The summed E-state index contributed by atoms with van der Waals surface area (Å²) in [5.41, 5.74) is 6.22. The maximum absolute atomic E-state index is 14.1. The van der Waals surface area contributed by atoms with Crippen LogP contribution in [0.2, 0.25) is 0 Å². The smallest absolute Gasteiger partial charge is 0.223 e. The molecule has 1 heterocycles. The molecular weight excluding hydrogens is 273 g/mol. The number of ketones is 1. The van der Waals surface area contributed by atoms with Gasteiger partial charge in [0.15, 0.2) is 5.78 Å². The first-order chi connectivity index (χ1) is 10.0. The first-order valence-corrected chi connectivity index (χ1v) is 7.06. The number of nitrogens with zero attached hydrogens (tertiary/aromatic N) is 2. The van der Waals surface area contributed by atoms with Gasteiger partial charge in [0.1, 0.15) is 5.82 Å². The molecule has 21 heavy (non-hydrogen) atoms. The molecule has 0 aromatic heterocycles. The SMILES string of the molecule is CC(=O)c1ccc(N2CCN(C(=O)CCN)CC2)c(F)c1. The van der Waals surface area contributed by atoms with E-state index in [9.17, 15) is 14.0 Å². The van der Waals surface area contributed by atoms with Crippen molar-refractivity contribution in [3.63, 3.8) is 0 Å². The highest BCUT2D eigenvalue weighted by Gasteiger charge is 2.22. The van der Waals surface area contributed by atoms with Gasteiger partial charge >= 0.3 is 0 Å². The van der Waals surface area contributed by atoms with Gasteiger partial charge in [-0.15, -0.1) is 0 Å². The molecule has 0 spiro atoms. The van der Waals surface area contributed by atoms with Gasteiger partial charge in [0, 0.05) is 44.7 Å². The number of anilines is 1. The molecule has 0 bridgehead atoms. The number of carbonyl (C=O) groups is 2. The average molecular weight is 293 g/mol. The van der Waals surface area contributed by atoms with Crippen LogP contribution in [0.25, 0.3) is 0 Å². The summed E-state index contributed by atoms with van der Waals surface area (Å²) in [6.45, 7) is 4.04. The molecule has 2 N–H and O–H groups in total. The Morgan fingerprint density at radius 2 is 1.90 bits per heavy atom. The summed E-state index contributed by atoms with van der Waals surface area (Å²) in [5, 5.41) is 0. The number of hydrogen-bond donors (Lipinski definition) is 1. The van der Waals surface area contributed by atoms with E-state index >= 15 is 0 Å². The Kier molecular flexibility index (Phi) is 4.90. The molecule has 1 amide bonds. The Morgan fingerprint density at radius 1 is 1.24 bits per heavy atom. The minimum Gasteiger partial charge on any atom is -0.366 e. The lowest BCUT2D eigenvalue weighted by Crippen LogP contribution is -2.49. The van der Waals surface area contributed by atoms with Crippen molar-refractivity contribution in [2.45, 2.75) is 13.3 Å². The zero-order valence-electron chi connectivity index (χ0n) is 12.1. The fourth-order valence-corrected chi connectivity index (χ4v) is 2.46. The van der Waals surface area contributed by atoms with Crippen LogP contribution in [0.3, 0.4) is 0 Å². The Balaban J connectivity index is 2.02. The minimum absolute atomic E-state index is 0.0459. The van der Waals surface area contributed by atoms with Crippen molar-refractivity contribution in [1.29, 1.82) is 0 Å². The Hall–Kier alpha value is -1.95. The average Bonchev–Trinajstić information content (AvgIpc) is 2.47. The zero-order valence-corrected chi connectivity index (χ0v) is 12.1. The van der Waals surface area contributed by atoms with Gasteiger partial charge in [-0.3, -0.25) is 9.59 Å². The minimum atomic E-state index is -0.399. The van der Waals surface area contributed by atoms with E-state index in [-0.39, 0.29) is 11.7 Å². The van der Waals surface area contributed by atoms with Crippen LogP contribution >= 0.6 is 0 Å². The lowest BCUT2D eigenvalue weighted by atomic mass is 10.1. The standard InChI is InChI=1S/C15H20FN3O2/c1-11(20)12-2-3-14(13(16)10-12)18-6-8-19(9-7-18)15(21)4-5-17/h2-3,10H,4-9,17H2,1H3. The third kappa shape index (κ3) is 3.58.